The fourth-order valence-corrected chi connectivity index (χ4v) is 5.12. The lowest BCUT2D eigenvalue weighted by Gasteiger charge is -2.40. The second-order valence-corrected chi connectivity index (χ2v) is 10.6. The van der Waals surface area contributed by atoms with Gasteiger partial charge in [-0.25, -0.2) is 13.1 Å². The number of nitriles is 1. The smallest absolute Gasteiger partial charge is 0.250 e. The molecule has 2 fully saturated rings. The molecule has 5 atom stereocenters. The third-order valence-electron chi connectivity index (χ3n) is 6.39. The van der Waals surface area contributed by atoms with Gasteiger partial charge in [-0.15, -0.1) is 0 Å². The van der Waals surface area contributed by atoms with Crippen LogP contribution in [0.3, 0.4) is 0 Å². The lowest BCUT2D eigenvalue weighted by molar-refractivity contribution is -0.221. The molecule has 35 heavy (non-hydrogen) atoms. The molecule has 0 aliphatic carbocycles. The van der Waals surface area contributed by atoms with E-state index in [-0.39, 0.29) is 13.0 Å². The molecule has 0 amide bonds. The molecule has 0 aromatic heterocycles. The second-order valence-electron chi connectivity index (χ2n) is 8.90. The molecule has 2 heterocycles. The van der Waals surface area contributed by atoms with Crippen LogP contribution in [0, 0.1) is 11.3 Å². The molecular weight excluding hydrogens is 476 g/mol. The SMILES string of the molecule is CN1CCN(c2ccc(/C=C(\C#N)S(=O)(=O)NC[C@H]3OC(CCCO)[C@H](O)[C@@H](O)[C@@H]3O)cc2)CC1. The van der Waals surface area contributed by atoms with E-state index >= 15 is 0 Å². The first-order chi connectivity index (χ1) is 16.7. The molecule has 5 N–H and O–H groups in total. The van der Waals surface area contributed by atoms with E-state index in [9.17, 15) is 29.0 Å². The quantitative estimate of drug-likeness (QED) is 0.256. The number of ether oxygens (including phenoxy) is 1. The van der Waals surface area contributed by atoms with Crippen molar-refractivity contribution in [2.45, 2.75) is 43.4 Å². The third kappa shape index (κ3) is 6.99. The lowest BCUT2D eigenvalue weighted by atomic mass is 9.93. The van der Waals surface area contributed by atoms with E-state index in [0.29, 0.717) is 12.0 Å². The number of anilines is 1. The average molecular weight is 511 g/mol. The van der Waals surface area contributed by atoms with Gasteiger partial charge in [0.05, 0.1) is 6.10 Å². The van der Waals surface area contributed by atoms with Crippen molar-refractivity contribution in [3.63, 3.8) is 0 Å². The van der Waals surface area contributed by atoms with Crippen LogP contribution in [0.15, 0.2) is 29.2 Å². The van der Waals surface area contributed by atoms with Crippen molar-refractivity contribution in [1.29, 1.82) is 5.26 Å². The van der Waals surface area contributed by atoms with Crippen LogP contribution in [0.25, 0.3) is 6.08 Å². The summed E-state index contributed by atoms with van der Waals surface area (Å²) in [4.78, 5) is 3.98. The minimum Gasteiger partial charge on any atom is -0.396 e. The van der Waals surface area contributed by atoms with Crippen LogP contribution in [-0.4, -0.2) is 111 Å². The molecule has 11 nitrogen and oxygen atoms in total. The second kappa shape index (κ2) is 12.2. The van der Waals surface area contributed by atoms with Crippen LogP contribution in [0.2, 0.25) is 0 Å². The van der Waals surface area contributed by atoms with Gasteiger partial charge >= 0.3 is 0 Å². The Morgan fingerprint density at radius 3 is 2.34 bits per heavy atom. The van der Waals surface area contributed by atoms with Crippen molar-refractivity contribution < 1.29 is 33.6 Å². The number of allylic oxidation sites excluding steroid dienone is 1. The normalized spacial score (nSPS) is 28.6. The van der Waals surface area contributed by atoms with E-state index in [1.54, 1.807) is 18.2 Å². The van der Waals surface area contributed by atoms with Crippen molar-refractivity contribution in [3.8, 4) is 6.07 Å². The van der Waals surface area contributed by atoms with Gasteiger partial charge in [-0.3, -0.25) is 0 Å². The van der Waals surface area contributed by atoms with E-state index in [1.165, 1.54) is 6.08 Å². The minimum atomic E-state index is -4.24. The molecule has 2 saturated heterocycles. The first-order valence-corrected chi connectivity index (χ1v) is 13.1. The Hall–Kier alpha value is -2.08. The fourth-order valence-electron chi connectivity index (χ4n) is 4.16. The molecule has 2 aliphatic heterocycles. The van der Waals surface area contributed by atoms with E-state index < -0.39 is 52.0 Å². The highest BCUT2D eigenvalue weighted by molar-refractivity contribution is 7.93. The van der Waals surface area contributed by atoms with Gasteiger partial charge in [0.1, 0.15) is 30.5 Å². The number of sulfonamides is 1. The Bertz CT molecular complexity index is 1000. The number of benzene rings is 1. The molecular formula is C23H34N4O7S. The van der Waals surface area contributed by atoms with Gasteiger partial charge < -0.3 is 35.0 Å². The van der Waals surface area contributed by atoms with Gasteiger partial charge in [0.15, 0.2) is 4.91 Å². The number of aliphatic hydroxyl groups is 4. The van der Waals surface area contributed by atoms with Crippen molar-refractivity contribution in [2.75, 3.05) is 51.3 Å². The van der Waals surface area contributed by atoms with E-state index in [2.05, 4.69) is 21.6 Å². The average Bonchev–Trinajstić information content (AvgIpc) is 2.85. The summed E-state index contributed by atoms with van der Waals surface area (Å²) >= 11 is 0. The summed E-state index contributed by atoms with van der Waals surface area (Å²) in [5.41, 5.74) is 1.57. The van der Waals surface area contributed by atoms with Crippen LogP contribution >= 0.6 is 0 Å². The third-order valence-corrected chi connectivity index (χ3v) is 7.73. The Morgan fingerprint density at radius 2 is 1.74 bits per heavy atom. The van der Waals surface area contributed by atoms with Gasteiger partial charge in [-0.1, -0.05) is 12.1 Å². The number of aliphatic hydroxyl groups excluding tert-OH is 4. The van der Waals surface area contributed by atoms with E-state index in [0.717, 1.165) is 31.9 Å². The summed E-state index contributed by atoms with van der Waals surface area (Å²) in [6, 6.07) is 8.97. The summed E-state index contributed by atoms with van der Waals surface area (Å²) in [6.07, 6.45) is -4.67. The molecule has 0 spiro atoms. The molecule has 3 rings (SSSR count). The Labute approximate surface area is 205 Å². The molecule has 0 bridgehead atoms. The van der Waals surface area contributed by atoms with Gasteiger partial charge in [-0.05, 0) is 43.7 Å². The van der Waals surface area contributed by atoms with E-state index in [4.69, 9.17) is 9.84 Å². The number of hydrogen-bond donors (Lipinski definition) is 5. The zero-order valence-electron chi connectivity index (χ0n) is 19.7. The molecule has 2 aliphatic rings. The lowest BCUT2D eigenvalue weighted by Crippen LogP contribution is -2.60. The van der Waals surface area contributed by atoms with Gasteiger partial charge in [0.2, 0.25) is 0 Å². The highest BCUT2D eigenvalue weighted by atomic mass is 32.2. The summed E-state index contributed by atoms with van der Waals surface area (Å²) in [6.45, 7) is 3.16. The highest BCUT2D eigenvalue weighted by Gasteiger charge is 2.43. The zero-order chi connectivity index (χ0) is 25.6. The number of piperazine rings is 1. The van der Waals surface area contributed by atoms with E-state index in [1.807, 2.05) is 12.1 Å². The topological polar surface area (TPSA) is 167 Å². The van der Waals surface area contributed by atoms with Crippen molar-refractivity contribution in [1.82, 2.24) is 9.62 Å². The Balaban J connectivity index is 1.65. The Kier molecular flexibility index (Phi) is 9.62. The first-order valence-electron chi connectivity index (χ1n) is 11.6. The molecule has 12 heteroatoms. The largest absolute Gasteiger partial charge is 0.396 e. The monoisotopic (exact) mass is 510 g/mol. The molecule has 1 aromatic carbocycles. The fraction of sp³-hybridized carbons (Fsp3) is 0.609. The van der Waals surface area contributed by atoms with Crippen molar-refractivity contribution >= 4 is 21.8 Å². The number of nitrogens with zero attached hydrogens (tertiary/aromatic N) is 3. The van der Waals surface area contributed by atoms with Crippen LogP contribution in [0.4, 0.5) is 5.69 Å². The molecule has 0 radical (unpaired) electrons. The molecule has 1 unspecified atom stereocenters. The molecule has 194 valence electrons. The first kappa shape index (κ1) is 27.5. The predicted octanol–water partition coefficient (Wildman–Crippen LogP) is -1.16. The minimum absolute atomic E-state index is 0.144. The maximum absolute atomic E-state index is 12.8. The number of nitrogens with one attached hydrogen (secondary N) is 1. The van der Waals surface area contributed by atoms with Gasteiger partial charge in [-0.2, -0.15) is 5.26 Å². The number of likely N-dealkylation sites (N-methyl/N-ethyl adjacent to an activating group) is 1. The summed E-state index contributed by atoms with van der Waals surface area (Å²) in [5.74, 6) is 0. The van der Waals surface area contributed by atoms with Gasteiger partial charge in [0, 0.05) is 45.0 Å². The number of rotatable bonds is 9. The predicted molar refractivity (Wildman–Crippen MR) is 130 cm³/mol. The molecule has 1 aromatic rings. The van der Waals surface area contributed by atoms with Gasteiger partial charge in [0.25, 0.3) is 10.0 Å². The van der Waals surface area contributed by atoms with Crippen LogP contribution in [0.1, 0.15) is 18.4 Å². The Morgan fingerprint density at radius 1 is 1.11 bits per heavy atom. The van der Waals surface area contributed by atoms with Crippen LogP contribution in [0.5, 0.6) is 0 Å². The molecule has 0 saturated carbocycles. The van der Waals surface area contributed by atoms with Crippen molar-refractivity contribution in [2.24, 2.45) is 0 Å². The number of hydrogen-bond acceptors (Lipinski definition) is 10. The van der Waals surface area contributed by atoms with Crippen molar-refractivity contribution in [3.05, 3.63) is 34.7 Å². The zero-order valence-corrected chi connectivity index (χ0v) is 20.5. The van der Waals surface area contributed by atoms with Crippen LogP contribution in [-0.2, 0) is 14.8 Å². The summed E-state index contributed by atoms with van der Waals surface area (Å²) in [7, 11) is -2.16. The maximum atomic E-state index is 12.8. The maximum Gasteiger partial charge on any atom is 0.250 e. The van der Waals surface area contributed by atoms with Crippen LogP contribution < -0.4 is 9.62 Å². The summed E-state index contributed by atoms with van der Waals surface area (Å²) in [5, 5.41) is 48.9. The summed E-state index contributed by atoms with van der Waals surface area (Å²) < 4.78 is 33.4. The standard InChI is InChI=1S/C23H34N4O7S/c1-26-8-10-27(11-9-26)17-6-4-16(5-7-17)13-18(14-24)35(32,33)25-15-20-22(30)23(31)21(29)19(34-20)3-2-12-28/h4-7,13,19-23,25,28-31H,2-3,8-12,15H2,1H3/b18-13+/t19?,20-,21+,22-,23-/m1/s1. The highest BCUT2D eigenvalue weighted by Crippen LogP contribution is 2.24.